The third-order valence-corrected chi connectivity index (χ3v) is 6.18. The Morgan fingerprint density at radius 2 is 2.41 bits per heavy atom. The normalized spacial score (nSPS) is 34.6. The Hall–Kier alpha value is -1.74. The lowest BCUT2D eigenvalue weighted by Gasteiger charge is -2.32. The van der Waals surface area contributed by atoms with Gasteiger partial charge in [0, 0.05) is 7.11 Å². The Morgan fingerprint density at radius 3 is 3.19 bits per heavy atom. The Bertz CT molecular complexity index is 755. The predicted molar refractivity (Wildman–Crippen MR) is 96.6 cm³/mol. The number of hydrogen-bond acceptors (Lipinski definition) is 11. The number of anilines is 3. The first-order valence-electron chi connectivity index (χ1n) is 8.37. The summed E-state index contributed by atoms with van der Waals surface area (Å²) in [5.74, 6) is 0.998. The minimum atomic E-state index is -3.04. The molecule has 3 unspecified atom stereocenters. The van der Waals surface area contributed by atoms with Crippen molar-refractivity contribution in [3.63, 3.8) is 0 Å². The number of methoxy groups -OCH3 is 1. The average molecular weight is 393 g/mol. The first-order valence-corrected chi connectivity index (χ1v) is 9.99. The molecule has 2 radical (unpaired) electrons. The van der Waals surface area contributed by atoms with Crippen LogP contribution in [0.2, 0.25) is 0 Å². The van der Waals surface area contributed by atoms with Crippen LogP contribution in [-0.4, -0.2) is 69.1 Å². The van der Waals surface area contributed by atoms with Gasteiger partial charge in [-0.1, -0.05) is 0 Å². The van der Waals surface area contributed by atoms with E-state index >= 15 is 0 Å². The molecule has 3 N–H and O–H groups in total. The average Bonchev–Trinajstić information content (AvgIpc) is 3.23. The molecule has 4 heterocycles. The molecule has 0 saturated carbocycles. The molecule has 142 valence electrons. The summed E-state index contributed by atoms with van der Waals surface area (Å²) in [5.41, 5.74) is 6.56. The Morgan fingerprint density at radius 1 is 1.56 bits per heavy atom. The summed E-state index contributed by atoms with van der Waals surface area (Å²) in [6, 6.07) is 1.99. The van der Waals surface area contributed by atoms with Gasteiger partial charge in [0.15, 0.2) is 24.0 Å². The SMILES string of the molecule is [B][P+]1(OCCC#N)OC[C@H]2OC(N3CNc4c(N)ncnc43)C(OC)[C@@H]2O1. The van der Waals surface area contributed by atoms with Crippen LogP contribution in [-0.2, 0) is 23.0 Å². The molecule has 2 saturated heterocycles. The molecule has 11 nitrogen and oxygen atoms in total. The fourth-order valence-corrected chi connectivity index (χ4v) is 4.85. The number of fused-ring (bicyclic) bond motifs is 2. The predicted octanol–water partition coefficient (Wildman–Crippen LogP) is 0.180. The molecule has 5 atom stereocenters. The number of rotatable bonds is 5. The summed E-state index contributed by atoms with van der Waals surface area (Å²) in [7, 11) is 4.67. The lowest BCUT2D eigenvalue weighted by atomic mass is 10.1. The molecule has 2 fully saturated rings. The topological polar surface area (TPSA) is 137 Å². The molecule has 13 heteroatoms. The molecular formula is C14H19BN6O5P+. The molecule has 0 spiro atoms. The number of aromatic nitrogens is 2. The fraction of sp³-hybridized carbons (Fsp3) is 0.643. The van der Waals surface area contributed by atoms with E-state index in [0.29, 0.717) is 24.0 Å². The van der Waals surface area contributed by atoms with Crippen LogP contribution in [0.3, 0.4) is 0 Å². The first kappa shape index (κ1) is 18.6. The van der Waals surface area contributed by atoms with Gasteiger partial charge in [-0.05, 0) is 0 Å². The van der Waals surface area contributed by atoms with Gasteiger partial charge in [-0.15, -0.1) is 0 Å². The third-order valence-electron chi connectivity index (χ3n) is 4.59. The van der Waals surface area contributed by atoms with Gasteiger partial charge in [-0.25, -0.2) is 9.97 Å². The van der Waals surface area contributed by atoms with Gasteiger partial charge in [0.05, 0.1) is 19.2 Å². The molecule has 1 aromatic heterocycles. The van der Waals surface area contributed by atoms with E-state index in [2.05, 4.69) is 15.3 Å². The van der Waals surface area contributed by atoms with E-state index in [1.165, 1.54) is 6.33 Å². The molecule has 0 aliphatic carbocycles. The molecule has 0 bridgehead atoms. The summed E-state index contributed by atoms with van der Waals surface area (Å²) >= 11 is 0. The van der Waals surface area contributed by atoms with Crippen LogP contribution in [0.5, 0.6) is 0 Å². The summed E-state index contributed by atoms with van der Waals surface area (Å²) in [5, 5.41) is 11.8. The van der Waals surface area contributed by atoms with Crippen molar-refractivity contribution in [2.75, 3.05) is 42.9 Å². The van der Waals surface area contributed by atoms with Crippen LogP contribution in [0.25, 0.3) is 0 Å². The van der Waals surface area contributed by atoms with E-state index < -0.39 is 26.3 Å². The Balaban J connectivity index is 1.52. The second-order valence-electron chi connectivity index (χ2n) is 6.17. The molecule has 1 aromatic rings. The van der Waals surface area contributed by atoms with Crippen molar-refractivity contribution < 1.29 is 23.0 Å². The van der Waals surface area contributed by atoms with Gasteiger partial charge in [-0.3, -0.25) is 0 Å². The Labute approximate surface area is 158 Å². The molecule has 3 aliphatic heterocycles. The van der Waals surface area contributed by atoms with Gasteiger partial charge in [0.25, 0.3) is 0 Å². The van der Waals surface area contributed by atoms with E-state index in [4.69, 9.17) is 41.6 Å². The summed E-state index contributed by atoms with van der Waals surface area (Å²) < 4.78 is 28.8. The molecule has 3 aliphatic rings. The zero-order valence-corrected chi connectivity index (χ0v) is 15.5. The number of nitrogens with zero attached hydrogens (tertiary/aromatic N) is 4. The highest BCUT2D eigenvalue weighted by molar-refractivity contribution is 7.85. The number of nitriles is 1. The summed E-state index contributed by atoms with van der Waals surface area (Å²) in [6.45, 7) is 0.780. The lowest BCUT2D eigenvalue weighted by Crippen LogP contribution is -2.47. The first-order chi connectivity index (χ1) is 13.1. The number of nitrogen functional groups attached to an aromatic ring is 1. The zero-order valence-electron chi connectivity index (χ0n) is 14.6. The van der Waals surface area contributed by atoms with Crippen molar-refractivity contribution >= 4 is 32.7 Å². The van der Waals surface area contributed by atoms with Crippen LogP contribution in [0.15, 0.2) is 6.33 Å². The second kappa shape index (κ2) is 7.35. The van der Waals surface area contributed by atoms with E-state index in [-0.39, 0.29) is 25.7 Å². The summed E-state index contributed by atoms with van der Waals surface area (Å²) in [6.07, 6.45) is -0.189. The minimum Gasteiger partial charge on any atom is -0.382 e. The third kappa shape index (κ3) is 3.31. The Kier molecular flexibility index (Phi) is 5.07. The van der Waals surface area contributed by atoms with Crippen molar-refractivity contribution in [2.24, 2.45) is 0 Å². The maximum Gasteiger partial charge on any atom is 0.488 e. The number of ether oxygens (including phenoxy) is 2. The molecular weight excluding hydrogens is 374 g/mol. The number of nitrogens with two attached hydrogens (primary N) is 1. The van der Waals surface area contributed by atoms with Crippen LogP contribution in [0.1, 0.15) is 6.42 Å². The highest BCUT2D eigenvalue weighted by atomic mass is 31.2. The maximum atomic E-state index is 8.65. The smallest absolute Gasteiger partial charge is 0.382 e. The minimum absolute atomic E-state index is 0.139. The maximum absolute atomic E-state index is 8.65. The van der Waals surface area contributed by atoms with Crippen molar-refractivity contribution in [3.8, 4) is 6.07 Å². The monoisotopic (exact) mass is 393 g/mol. The second-order valence-corrected chi connectivity index (χ2v) is 7.98. The van der Waals surface area contributed by atoms with Gasteiger partial charge in [0.1, 0.15) is 37.4 Å². The van der Waals surface area contributed by atoms with Crippen molar-refractivity contribution in [1.82, 2.24) is 9.97 Å². The van der Waals surface area contributed by atoms with E-state index in [0.717, 1.165) is 0 Å². The van der Waals surface area contributed by atoms with Crippen molar-refractivity contribution in [2.45, 2.75) is 31.0 Å². The number of nitrogens with one attached hydrogen (secondary N) is 1. The fourth-order valence-electron chi connectivity index (χ4n) is 3.36. The molecule has 4 rings (SSSR count). The lowest BCUT2D eigenvalue weighted by molar-refractivity contribution is -0.0503. The highest BCUT2D eigenvalue weighted by Crippen LogP contribution is 2.62. The van der Waals surface area contributed by atoms with E-state index in [1.807, 2.05) is 11.0 Å². The van der Waals surface area contributed by atoms with Gasteiger partial charge < -0.3 is 25.4 Å². The zero-order chi connectivity index (χ0) is 19.0. The van der Waals surface area contributed by atoms with Crippen LogP contribution >= 0.6 is 7.82 Å². The van der Waals surface area contributed by atoms with Gasteiger partial charge in [0.2, 0.25) is 0 Å². The highest BCUT2D eigenvalue weighted by Gasteiger charge is 2.60. The van der Waals surface area contributed by atoms with E-state index in [1.54, 1.807) is 7.11 Å². The number of hydrogen-bond donors (Lipinski definition) is 2. The van der Waals surface area contributed by atoms with Crippen molar-refractivity contribution in [1.29, 1.82) is 5.26 Å². The van der Waals surface area contributed by atoms with Crippen molar-refractivity contribution in [3.05, 3.63) is 6.33 Å². The quantitative estimate of drug-likeness (QED) is 0.403. The molecule has 0 aromatic carbocycles. The van der Waals surface area contributed by atoms with Crippen LogP contribution < -0.4 is 16.0 Å². The molecule has 27 heavy (non-hydrogen) atoms. The van der Waals surface area contributed by atoms with Gasteiger partial charge >= 0.3 is 15.4 Å². The molecule has 0 amide bonds. The summed E-state index contributed by atoms with van der Waals surface area (Å²) in [4.78, 5) is 10.2. The standard InChI is InChI=1S/C14H19BN6O5P/c1-22-11-10-8(5-24-27(15,26-10)23-4-2-3-16)25-14(11)21-7-20-9-12(17)18-6-19-13(9)21/h6,8,10-11,14,20H,2,4-5,7H2,1H3,(H2,17,18,19)/q+1/t8-,10-,11?,14?,27?/m1/s1. The van der Waals surface area contributed by atoms with Crippen LogP contribution in [0.4, 0.5) is 17.3 Å². The van der Waals surface area contributed by atoms with Crippen LogP contribution in [0, 0.1) is 11.3 Å². The van der Waals surface area contributed by atoms with E-state index in [9.17, 15) is 0 Å². The van der Waals surface area contributed by atoms with Gasteiger partial charge in [-0.2, -0.15) is 18.8 Å². The largest absolute Gasteiger partial charge is 0.488 e.